The van der Waals surface area contributed by atoms with E-state index in [1.165, 1.54) is 43.4 Å². The summed E-state index contributed by atoms with van der Waals surface area (Å²) in [6, 6.07) is 5.15. The molecule has 1 aliphatic rings. The van der Waals surface area contributed by atoms with Crippen LogP contribution in [0.15, 0.2) is 17.5 Å². The second-order valence-electron chi connectivity index (χ2n) is 6.62. The molecule has 0 radical (unpaired) electrons. The molecule has 2 heteroatoms. The van der Waals surface area contributed by atoms with Gasteiger partial charge >= 0.3 is 0 Å². The van der Waals surface area contributed by atoms with Gasteiger partial charge in [-0.05, 0) is 55.0 Å². The van der Waals surface area contributed by atoms with Crippen LogP contribution in [0.25, 0.3) is 0 Å². The maximum absolute atomic E-state index is 3.78. The van der Waals surface area contributed by atoms with Gasteiger partial charge in [-0.15, -0.1) is 11.3 Å². The third kappa shape index (κ3) is 4.06. The molecule has 1 nitrogen and oxygen atoms in total. The summed E-state index contributed by atoms with van der Waals surface area (Å²) < 4.78 is 0. The Morgan fingerprint density at radius 2 is 2.26 bits per heavy atom. The second-order valence-corrected chi connectivity index (χ2v) is 7.66. The van der Waals surface area contributed by atoms with E-state index in [1.54, 1.807) is 0 Å². The van der Waals surface area contributed by atoms with Gasteiger partial charge in [-0.2, -0.15) is 0 Å². The fraction of sp³-hybridized carbons (Fsp3) is 0.765. The van der Waals surface area contributed by atoms with Crippen LogP contribution in [0.2, 0.25) is 0 Å². The van der Waals surface area contributed by atoms with Gasteiger partial charge < -0.3 is 5.32 Å². The van der Waals surface area contributed by atoms with Crippen molar-refractivity contribution < 1.29 is 0 Å². The van der Waals surface area contributed by atoms with E-state index in [9.17, 15) is 0 Å². The van der Waals surface area contributed by atoms with E-state index in [4.69, 9.17) is 0 Å². The van der Waals surface area contributed by atoms with Gasteiger partial charge in [0.15, 0.2) is 0 Å². The Morgan fingerprint density at radius 1 is 1.42 bits per heavy atom. The molecule has 1 saturated carbocycles. The lowest BCUT2D eigenvalue weighted by Crippen LogP contribution is -2.45. The first kappa shape index (κ1) is 15.1. The molecule has 1 fully saturated rings. The zero-order valence-electron chi connectivity index (χ0n) is 12.7. The Bertz CT molecular complexity index is 355. The molecule has 0 saturated heterocycles. The Balaban J connectivity index is 1.97. The third-order valence-corrected chi connectivity index (χ3v) is 5.76. The van der Waals surface area contributed by atoms with Crippen LogP contribution in [-0.4, -0.2) is 12.6 Å². The van der Waals surface area contributed by atoms with Crippen LogP contribution in [-0.2, 0) is 6.42 Å². The Morgan fingerprint density at radius 3 is 2.89 bits per heavy atom. The molecule has 2 atom stereocenters. The molecule has 2 unspecified atom stereocenters. The predicted octanol–water partition coefficient (Wildman–Crippen LogP) is 4.88. The maximum atomic E-state index is 3.78. The van der Waals surface area contributed by atoms with E-state index in [0.29, 0.717) is 11.5 Å². The van der Waals surface area contributed by atoms with Crippen molar-refractivity contribution in [1.82, 2.24) is 5.32 Å². The summed E-state index contributed by atoms with van der Waals surface area (Å²) in [5.41, 5.74) is 0.514. The van der Waals surface area contributed by atoms with Gasteiger partial charge in [-0.3, -0.25) is 0 Å². The Kier molecular flexibility index (Phi) is 5.47. The topological polar surface area (TPSA) is 12.0 Å². The van der Waals surface area contributed by atoms with Gasteiger partial charge in [0.2, 0.25) is 0 Å². The van der Waals surface area contributed by atoms with E-state index in [-0.39, 0.29) is 0 Å². The minimum Gasteiger partial charge on any atom is -0.314 e. The zero-order valence-corrected chi connectivity index (χ0v) is 13.6. The number of hydrogen-bond donors (Lipinski definition) is 1. The van der Waals surface area contributed by atoms with Crippen LogP contribution in [0, 0.1) is 11.3 Å². The lowest BCUT2D eigenvalue weighted by Gasteiger charge is -2.43. The highest BCUT2D eigenvalue weighted by Crippen LogP contribution is 2.43. The van der Waals surface area contributed by atoms with Crippen molar-refractivity contribution in [3.05, 3.63) is 22.4 Å². The van der Waals surface area contributed by atoms with Crippen molar-refractivity contribution in [2.24, 2.45) is 11.3 Å². The first-order valence-corrected chi connectivity index (χ1v) is 8.77. The molecule has 1 N–H and O–H groups in total. The molecule has 1 heterocycles. The SMILES string of the molecule is CCNC(CCc1cccs1)C1CCCCC1(C)C. The monoisotopic (exact) mass is 279 g/mol. The predicted molar refractivity (Wildman–Crippen MR) is 85.8 cm³/mol. The highest BCUT2D eigenvalue weighted by Gasteiger charge is 2.36. The minimum atomic E-state index is 0.514. The van der Waals surface area contributed by atoms with Crippen molar-refractivity contribution in [1.29, 1.82) is 0 Å². The Labute approximate surface area is 122 Å². The highest BCUT2D eigenvalue weighted by atomic mass is 32.1. The fourth-order valence-corrected chi connectivity index (χ4v) is 4.45. The molecule has 108 valence electrons. The molecule has 1 aliphatic carbocycles. The standard InChI is InChI=1S/C17H29NS/c1-4-18-16(11-10-14-8-7-13-19-14)15-9-5-6-12-17(15,2)3/h7-8,13,15-16,18H,4-6,9-12H2,1-3H3. The van der Waals surface area contributed by atoms with Crippen molar-refractivity contribution in [3.63, 3.8) is 0 Å². The first-order chi connectivity index (χ1) is 9.13. The van der Waals surface area contributed by atoms with E-state index in [0.717, 1.165) is 12.5 Å². The van der Waals surface area contributed by atoms with E-state index < -0.39 is 0 Å². The van der Waals surface area contributed by atoms with E-state index in [1.807, 2.05) is 11.3 Å². The quantitative estimate of drug-likeness (QED) is 0.783. The van der Waals surface area contributed by atoms with Gasteiger partial charge in [-0.1, -0.05) is 39.7 Å². The molecular weight excluding hydrogens is 250 g/mol. The number of rotatable bonds is 6. The van der Waals surface area contributed by atoms with E-state index >= 15 is 0 Å². The summed E-state index contributed by atoms with van der Waals surface area (Å²) >= 11 is 1.90. The van der Waals surface area contributed by atoms with Gasteiger partial charge in [0.05, 0.1) is 0 Å². The van der Waals surface area contributed by atoms with Crippen LogP contribution < -0.4 is 5.32 Å². The van der Waals surface area contributed by atoms with Crippen LogP contribution in [0.1, 0.15) is 57.8 Å². The number of hydrogen-bond acceptors (Lipinski definition) is 2. The lowest BCUT2D eigenvalue weighted by atomic mass is 9.65. The average Bonchev–Trinajstić information content (AvgIpc) is 2.87. The summed E-state index contributed by atoms with van der Waals surface area (Å²) in [5.74, 6) is 0.848. The summed E-state index contributed by atoms with van der Waals surface area (Å²) in [6.07, 6.45) is 8.19. The average molecular weight is 279 g/mol. The summed E-state index contributed by atoms with van der Waals surface area (Å²) in [6.45, 7) is 8.30. The van der Waals surface area contributed by atoms with Gasteiger partial charge in [0.25, 0.3) is 0 Å². The van der Waals surface area contributed by atoms with Crippen LogP contribution in [0.4, 0.5) is 0 Å². The molecule has 1 aromatic rings. The molecule has 1 aromatic heterocycles. The minimum absolute atomic E-state index is 0.514. The van der Waals surface area contributed by atoms with Crippen LogP contribution >= 0.6 is 11.3 Å². The van der Waals surface area contributed by atoms with E-state index in [2.05, 4.69) is 43.6 Å². The summed E-state index contributed by atoms with van der Waals surface area (Å²) in [4.78, 5) is 1.54. The molecule has 0 bridgehead atoms. The van der Waals surface area contributed by atoms with Crippen molar-refractivity contribution in [3.8, 4) is 0 Å². The third-order valence-electron chi connectivity index (χ3n) is 4.82. The van der Waals surface area contributed by atoms with Crippen LogP contribution in [0.3, 0.4) is 0 Å². The molecular formula is C17H29NS. The van der Waals surface area contributed by atoms with Crippen molar-refractivity contribution in [2.75, 3.05) is 6.54 Å². The first-order valence-electron chi connectivity index (χ1n) is 7.89. The molecule has 0 spiro atoms. The molecule has 0 amide bonds. The second kappa shape index (κ2) is 6.90. The number of thiophene rings is 1. The number of aryl methyl sites for hydroxylation is 1. The summed E-state index contributed by atoms with van der Waals surface area (Å²) in [5, 5.41) is 5.97. The van der Waals surface area contributed by atoms with Gasteiger partial charge in [0, 0.05) is 10.9 Å². The fourth-order valence-electron chi connectivity index (χ4n) is 3.73. The smallest absolute Gasteiger partial charge is 0.0104 e. The molecule has 19 heavy (non-hydrogen) atoms. The normalized spacial score (nSPS) is 24.3. The van der Waals surface area contributed by atoms with Crippen molar-refractivity contribution in [2.45, 2.75) is 65.3 Å². The maximum Gasteiger partial charge on any atom is 0.0104 e. The van der Waals surface area contributed by atoms with Gasteiger partial charge in [0.1, 0.15) is 0 Å². The van der Waals surface area contributed by atoms with Crippen molar-refractivity contribution >= 4 is 11.3 Å². The molecule has 2 rings (SSSR count). The zero-order chi connectivity index (χ0) is 13.7. The lowest BCUT2D eigenvalue weighted by molar-refractivity contribution is 0.0955. The van der Waals surface area contributed by atoms with Gasteiger partial charge in [-0.25, -0.2) is 0 Å². The highest BCUT2D eigenvalue weighted by molar-refractivity contribution is 7.09. The summed E-state index contributed by atoms with van der Waals surface area (Å²) in [7, 11) is 0. The largest absolute Gasteiger partial charge is 0.314 e. The molecule has 0 aliphatic heterocycles. The van der Waals surface area contributed by atoms with Crippen LogP contribution in [0.5, 0.6) is 0 Å². The Hall–Kier alpha value is -0.340. The molecule has 0 aromatic carbocycles. The number of nitrogens with one attached hydrogen (secondary N) is 1.